The Hall–Kier alpha value is -2.52. The van der Waals surface area contributed by atoms with E-state index in [1.165, 1.54) is 6.07 Å². The number of para-hydroxylation sites is 1. The molecule has 0 unspecified atom stereocenters. The Balaban J connectivity index is 1.74. The van der Waals surface area contributed by atoms with Crippen LogP contribution in [0.3, 0.4) is 0 Å². The first-order valence-corrected chi connectivity index (χ1v) is 9.56. The fourth-order valence-electron chi connectivity index (χ4n) is 2.93. The highest BCUT2D eigenvalue weighted by Gasteiger charge is 2.24. The molecule has 0 aromatic heterocycles. The van der Waals surface area contributed by atoms with Crippen molar-refractivity contribution in [3.05, 3.63) is 62.6 Å². The second-order valence-electron chi connectivity index (χ2n) is 6.04. The van der Waals surface area contributed by atoms with Crippen molar-refractivity contribution in [1.82, 2.24) is 5.32 Å². The summed E-state index contributed by atoms with van der Waals surface area (Å²) in [6.07, 6.45) is 2.02. The molecule has 1 aliphatic rings. The van der Waals surface area contributed by atoms with Crippen LogP contribution >= 0.6 is 28.1 Å². The number of rotatable bonds is 4. The number of hydrogen-bond donors (Lipinski definition) is 2. The van der Waals surface area contributed by atoms with Gasteiger partial charge in [-0.05, 0) is 65.3 Å². The first kappa shape index (κ1) is 19.2. The molecule has 0 atom stereocenters. The molecule has 1 fully saturated rings. The number of amides is 1. The Labute approximate surface area is 170 Å². The van der Waals surface area contributed by atoms with Crippen LogP contribution in [0.2, 0.25) is 0 Å². The lowest BCUT2D eigenvalue weighted by Gasteiger charge is -2.18. The summed E-state index contributed by atoms with van der Waals surface area (Å²) in [6, 6.07) is 11.8. The van der Waals surface area contributed by atoms with Crippen molar-refractivity contribution < 1.29 is 9.72 Å². The van der Waals surface area contributed by atoms with Gasteiger partial charge in [0.05, 0.1) is 10.6 Å². The second-order valence-corrected chi connectivity index (χ2v) is 7.31. The number of nitrogens with one attached hydrogen (secondary N) is 2. The largest absolute Gasteiger partial charge is 0.366 e. The number of nitro benzene ring substituents is 1. The van der Waals surface area contributed by atoms with Gasteiger partial charge in [-0.3, -0.25) is 20.2 Å². The predicted molar refractivity (Wildman–Crippen MR) is 112 cm³/mol. The van der Waals surface area contributed by atoms with Crippen molar-refractivity contribution in [2.24, 2.45) is 0 Å². The average Bonchev–Trinajstić information content (AvgIpc) is 3.17. The molecular weight excluding hydrogens is 432 g/mol. The van der Waals surface area contributed by atoms with Crippen LogP contribution in [0, 0.1) is 10.1 Å². The van der Waals surface area contributed by atoms with Gasteiger partial charge in [0.1, 0.15) is 5.69 Å². The Morgan fingerprint density at radius 1 is 1.19 bits per heavy atom. The van der Waals surface area contributed by atoms with Crippen molar-refractivity contribution in [3.8, 4) is 0 Å². The first-order chi connectivity index (χ1) is 13.0. The number of hydrogen-bond acceptors (Lipinski definition) is 5. The molecule has 0 bridgehead atoms. The van der Waals surface area contributed by atoms with E-state index < -0.39 is 10.8 Å². The summed E-state index contributed by atoms with van der Waals surface area (Å²) in [6.45, 7) is 1.57. The Morgan fingerprint density at radius 2 is 1.89 bits per heavy atom. The molecule has 9 heteroatoms. The minimum absolute atomic E-state index is 0.0748. The normalized spacial score (nSPS) is 13.3. The van der Waals surface area contributed by atoms with Crippen LogP contribution in [0.25, 0.3) is 0 Å². The maximum Gasteiger partial charge on any atom is 0.293 e. The summed E-state index contributed by atoms with van der Waals surface area (Å²) in [5.41, 5.74) is 1.36. The molecule has 0 saturated carbocycles. The molecule has 0 spiro atoms. The van der Waals surface area contributed by atoms with Crippen molar-refractivity contribution in [1.29, 1.82) is 0 Å². The Morgan fingerprint density at radius 3 is 2.56 bits per heavy atom. The van der Waals surface area contributed by atoms with Gasteiger partial charge in [-0.2, -0.15) is 0 Å². The topological polar surface area (TPSA) is 87.5 Å². The summed E-state index contributed by atoms with van der Waals surface area (Å²) in [5.74, 6) is -0.504. The van der Waals surface area contributed by atoms with Crippen molar-refractivity contribution in [2.45, 2.75) is 12.8 Å². The number of nitrogens with zero attached hydrogens (tertiary/aromatic N) is 2. The van der Waals surface area contributed by atoms with Gasteiger partial charge in [-0.1, -0.05) is 12.1 Å². The highest BCUT2D eigenvalue weighted by atomic mass is 79.9. The summed E-state index contributed by atoms with van der Waals surface area (Å²) in [5, 5.41) is 17.0. The van der Waals surface area contributed by atoms with Crippen molar-refractivity contribution in [2.75, 3.05) is 23.3 Å². The van der Waals surface area contributed by atoms with Crippen LogP contribution in [0.4, 0.5) is 17.1 Å². The van der Waals surface area contributed by atoms with E-state index in [-0.39, 0.29) is 16.4 Å². The van der Waals surface area contributed by atoms with E-state index >= 15 is 0 Å². The molecule has 140 valence electrons. The maximum absolute atomic E-state index is 12.5. The minimum atomic E-state index is -0.504. The molecule has 2 aromatic carbocycles. The minimum Gasteiger partial charge on any atom is -0.366 e. The first-order valence-electron chi connectivity index (χ1n) is 8.36. The Bertz CT molecular complexity index is 900. The zero-order chi connectivity index (χ0) is 19.4. The van der Waals surface area contributed by atoms with Crippen molar-refractivity contribution in [3.63, 3.8) is 0 Å². The standard InChI is InChI=1S/C18H17BrN4O3S/c19-13-5-1-2-6-14(13)20-18(27)21-17(24)12-7-8-15(16(11-12)23(25)26)22-9-3-4-10-22/h1-2,5-8,11H,3-4,9-10H2,(H2,20,21,24,27). The molecule has 1 amide bonds. The molecule has 1 saturated heterocycles. The number of halogens is 1. The molecule has 27 heavy (non-hydrogen) atoms. The molecule has 7 nitrogen and oxygen atoms in total. The highest BCUT2D eigenvalue weighted by Crippen LogP contribution is 2.31. The third-order valence-corrected chi connectivity index (χ3v) is 5.13. The van der Waals surface area contributed by atoms with Crippen LogP contribution in [0.1, 0.15) is 23.2 Å². The number of anilines is 2. The number of nitro groups is 1. The molecule has 2 N–H and O–H groups in total. The molecule has 2 aromatic rings. The number of carbonyl (C=O) groups is 1. The van der Waals surface area contributed by atoms with Gasteiger partial charge in [-0.15, -0.1) is 0 Å². The molecule has 1 aliphatic heterocycles. The average molecular weight is 449 g/mol. The van der Waals surface area contributed by atoms with Crippen LogP contribution in [0.5, 0.6) is 0 Å². The number of thiocarbonyl (C=S) groups is 1. The van der Waals surface area contributed by atoms with Crippen LogP contribution in [-0.4, -0.2) is 29.0 Å². The van der Waals surface area contributed by atoms with E-state index in [0.717, 1.165) is 30.4 Å². The van der Waals surface area contributed by atoms with Crippen molar-refractivity contribution >= 4 is 56.2 Å². The molecular formula is C18H17BrN4O3S. The molecule has 0 radical (unpaired) electrons. The quantitative estimate of drug-likeness (QED) is 0.416. The van der Waals surface area contributed by atoms with E-state index in [0.29, 0.717) is 11.4 Å². The van der Waals surface area contributed by atoms with Gasteiger partial charge in [-0.25, -0.2) is 0 Å². The third kappa shape index (κ3) is 4.61. The Kier molecular flexibility index (Phi) is 6.02. The summed E-state index contributed by atoms with van der Waals surface area (Å²) in [7, 11) is 0. The highest BCUT2D eigenvalue weighted by molar-refractivity contribution is 9.10. The zero-order valence-corrected chi connectivity index (χ0v) is 16.7. The van der Waals surface area contributed by atoms with Gasteiger partial charge in [0.15, 0.2) is 5.11 Å². The fourth-order valence-corrected chi connectivity index (χ4v) is 3.51. The van der Waals surface area contributed by atoms with E-state index in [4.69, 9.17) is 12.2 Å². The van der Waals surface area contributed by atoms with E-state index in [2.05, 4.69) is 26.6 Å². The molecule has 1 heterocycles. The second kappa shape index (κ2) is 8.45. The van der Waals surface area contributed by atoms with E-state index in [9.17, 15) is 14.9 Å². The summed E-state index contributed by atoms with van der Waals surface area (Å²) >= 11 is 8.55. The smallest absolute Gasteiger partial charge is 0.293 e. The van der Waals surface area contributed by atoms with E-state index in [1.807, 2.05) is 23.1 Å². The van der Waals surface area contributed by atoms with E-state index in [1.54, 1.807) is 18.2 Å². The number of benzene rings is 2. The zero-order valence-electron chi connectivity index (χ0n) is 14.3. The maximum atomic E-state index is 12.5. The van der Waals surface area contributed by atoms with Gasteiger partial charge in [0.25, 0.3) is 11.6 Å². The number of carbonyl (C=O) groups excluding carboxylic acids is 1. The molecule has 0 aliphatic carbocycles. The predicted octanol–water partition coefficient (Wildman–Crippen LogP) is 4.08. The lowest BCUT2D eigenvalue weighted by molar-refractivity contribution is -0.384. The summed E-state index contributed by atoms with van der Waals surface area (Å²) < 4.78 is 0.798. The lowest BCUT2D eigenvalue weighted by Crippen LogP contribution is -2.34. The lowest BCUT2D eigenvalue weighted by atomic mass is 10.1. The fraction of sp³-hybridized carbons (Fsp3) is 0.222. The van der Waals surface area contributed by atoms with Crippen LogP contribution < -0.4 is 15.5 Å². The SMILES string of the molecule is O=C(NC(=S)Nc1ccccc1Br)c1ccc(N2CCCC2)c([N+](=O)[O-])c1. The third-order valence-electron chi connectivity index (χ3n) is 4.23. The van der Waals surface area contributed by atoms with Gasteiger partial charge in [0.2, 0.25) is 0 Å². The van der Waals surface area contributed by atoms with Gasteiger partial charge in [0, 0.05) is 29.2 Å². The monoisotopic (exact) mass is 448 g/mol. The summed E-state index contributed by atoms with van der Waals surface area (Å²) in [4.78, 5) is 25.4. The van der Waals surface area contributed by atoms with Crippen LogP contribution in [0.15, 0.2) is 46.9 Å². The van der Waals surface area contributed by atoms with Gasteiger partial charge >= 0.3 is 0 Å². The van der Waals surface area contributed by atoms with Gasteiger partial charge < -0.3 is 10.2 Å². The molecule has 3 rings (SSSR count). The van der Waals surface area contributed by atoms with Crippen LogP contribution in [-0.2, 0) is 0 Å².